The lowest BCUT2D eigenvalue weighted by Gasteiger charge is -2.36. The van der Waals surface area contributed by atoms with Crippen molar-refractivity contribution in [2.45, 2.75) is 49.9 Å². The van der Waals surface area contributed by atoms with E-state index >= 15 is 0 Å². The molecular formula is C11H17N3O. The number of aromatic nitrogens is 2. The van der Waals surface area contributed by atoms with Crippen LogP contribution in [0.5, 0.6) is 0 Å². The topological polar surface area (TPSA) is 64.9 Å². The molecule has 0 aromatic carbocycles. The van der Waals surface area contributed by atoms with Gasteiger partial charge < -0.3 is 10.3 Å². The molecule has 0 atom stereocenters. The summed E-state index contributed by atoms with van der Waals surface area (Å²) >= 11 is 0. The molecule has 0 unspecified atom stereocenters. The zero-order valence-corrected chi connectivity index (χ0v) is 9.12. The maximum absolute atomic E-state index is 5.81. The minimum absolute atomic E-state index is 0.0104. The van der Waals surface area contributed by atoms with Gasteiger partial charge in [0.25, 0.3) is 0 Å². The second-order valence-corrected chi connectivity index (χ2v) is 5.32. The van der Waals surface area contributed by atoms with Crippen molar-refractivity contribution in [1.82, 2.24) is 10.1 Å². The lowest BCUT2D eigenvalue weighted by atomic mass is 9.69. The molecule has 2 fully saturated rings. The first-order valence-electron chi connectivity index (χ1n) is 5.73. The molecule has 0 amide bonds. The molecule has 1 aromatic heterocycles. The molecule has 82 valence electrons. The van der Waals surface area contributed by atoms with Crippen LogP contribution in [-0.4, -0.2) is 16.7 Å². The average Bonchev–Trinajstić information content (AvgIpc) is 2.74. The normalized spacial score (nSPS) is 26.0. The van der Waals surface area contributed by atoms with E-state index in [1.54, 1.807) is 0 Å². The van der Waals surface area contributed by atoms with Crippen molar-refractivity contribution in [2.75, 3.05) is 6.54 Å². The van der Waals surface area contributed by atoms with Crippen molar-refractivity contribution in [1.29, 1.82) is 0 Å². The highest BCUT2D eigenvalue weighted by Gasteiger charge is 2.47. The van der Waals surface area contributed by atoms with Crippen LogP contribution in [0.1, 0.15) is 50.7 Å². The van der Waals surface area contributed by atoms with E-state index in [0.717, 1.165) is 24.6 Å². The molecule has 0 aliphatic heterocycles. The Morgan fingerprint density at radius 1 is 1.33 bits per heavy atom. The SMILES string of the molecule is CC1(c2noc(C3(CN)CCC3)n2)CC1. The van der Waals surface area contributed by atoms with Gasteiger partial charge in [-0.25, -0.2) is 0 Å². The van der Waals surface area contributed by atoms with E-state index in [9.17, 15) is 0 Å². The summed E-state index contributed by atoms with van der Waals surface area (Å²) in [6.07, 6.45) is 5.79. The van der Waals surface area contributed by atoms with Gasteiger partial charge in [0.05, 0.1) is 5.41 Å². The number of nitrogens with zero attached hydrogens (tertiary/aromatic N) is 2. The summed E-state index contributed by atoms with van der Waals surface area (Å²) in [6.45, 7) is 2.82. The van der Waals surface area contributed by atoms with Gasteiger partial charge in [-0.05, 0) is 25.7 Å². The van der Waals surface area contributed by atoms with Crippen LogP contribution in [0.4, 0.5) is 0 Å². The monoisotopic (exact) mass is 207 g/mol. The summed E-state index contributed by atoms with van der Waals surface area (Å²) < 4.78 is 5.39. The quantitative estimate of drug-likeness (QED) is 0.815. The van der Waals surface area contributed by atoms with Crippen LogP contribution in [0, 0.1) is 0 Å². The van der Waals surface area contributed by atoms with Gasteiger partial charge in [-0.15, -0.1) is 0 Å². The maximum atomic E-state index is 5.81. The van der Waals surface area contributed by atoms with Crippen molar-refractivity contribution in [2.24, 2.45) is 5.73 Å². The highest BCUT2D eigenvalue weighted by atomic mass is 16.5. The maximum Gasteiger partial charge on any atom is 0.234 e. The average molecular weight is 207 g/mol. The standard InChI is InChI=1S/C11H17N3O/c1-10(5-6-10)8-13-9(15-14-8)11(7-12)3-2-4-11/h2-7,12H2,1H3. The van der Waals surface area contributed by atoms with E-state index in [1.807, 2.05) is 0 Å². The van der Waals surface area contributed by atoms with Crippen LogP contribution >= 0.6 is 0 Å². The third-order valence-electron chi connectivity index (χ3n) is 4.12. The Morgan fingerprint density at radius 3 is 2.53 bits per heavy atom. The van der Waals surface area contributed by atoms with Gasteiger partial charge in [0.2, 0.25) is 5.89 Å². The van der Waals surface area contributed by atoms with Gasteiger partial charge in [0.15, 0.2) is 5.82 Å². The van der Waals surface area contributed by atoms with Crippen molar-refractivity contribution < 1.29 is 4.52 Å². The smallest absolute Gasteiger partial charge is 0.234 e. The van der Waals surface area contributed by atoms with Crippen LogP contribution in [0.15, 0.2) is 4.52 Å². The Bertz CT molecular complexity index is 371. The number of rotatable bonds is 3. The lowest BCUT2D eigenvalue weighted by Crippen LogP contribution is -2.41. The van der Waals surface area contributed by atoms with Gasteiger partial charge in [0, 0.05) is 12.0 Å². The molecule has 0 saturated heterocycles. The van der Waals surface area contributed by atoms with Crippen LogP contribution < -0.4 is 5.73 Å². The summed E-state index contributed by atoms with van der Waals surface area (Å²) in [4.78, 5) is 4.55. The predicted octanol–water partition coefficient (Wildman–Crippen LogP) is 1.50. The van der Waals surface area contributed by atoms with E-state index in [4.69, 9.17) is 10.3 Å². The summed E-state index contributed by atoms with van der Waals surface area (Å²) in [7, 11) is 0. The molecule has 0 spiro atoms. The van der Waals surface area contributed by atoms with Crippen molar-refractivity contribution in [3.05, 3.63) is 11.7 Å². The summed E-state index contributed by atoms with van der Waals surface area (Å²) in [6, 6.07) is 0. The summed E-state index contributed by atoms with van der Waals surface area (Å²) in [5.74, 6) is 1.66. The highest BCUT2D eigenvalue weighted by molar-refractivity contribution is 5.18. The second kappa shape index (κ2) is 2.82. The van der Waals surface area contributed by atoms with Gasteiger partial charge >= 0.3 is 0 Å². The summed E-state index contributed by atoms with van der Waals surface area (Å²) in [5.41, 5.74) is 6.01. The van der Waals surface area contributed by atoms with Crippen LogP contribution in [-0.2, 0) is 10.8 Å². The molecule has 4 heteroatoms. The molecule has 1 heterocycles. The van der Waals surface area contributed by atoms with Crippen LogP contribution in [0.2, 0.25) is 0 Å². The van der Waals surface area contributed by atoms with Crippen LogP contribution in [0.25, 0.3) is 0 Å². The molecule has 0 radical (unpaired) electrons. The predicted molar refractivity (Wildman–Crippen MR) is 55.5 cm³/mol. The number of nitrogens with two attached hydrogens (primary N) is 1. The fraction of sp³-hybridized carbons (Fsp3) is 0.818. The van der Waals surface area contributed by atoms with Crippen molar-refractivity contribution >= 4 is 0 Å². The number of hydrogen-bond donors (Lipinski definition) is 1. The molecule has 2 aliphatic rings. The van der Waals surface area contributed by atoms with Crippen molar-refractivity contribution in [3.8, 4) is 0 Å². The largest absolute Gasteiger partial charge is 0.339 e. The molecule has 2 saturated carbocycles. The molecule has 2 aliphatic carbocycles. The van der Waals surface area contributed by atoms with Crippen LogP contribution in [0.3, 0.4) is 0 Å². The first-order chi connectivity index (χ1) is 7.19. The summed E-state index contributed by atoms with van der Waals surface area (Å²) in [5, 5.41) is 4.10. The van der Waals surface area contributed by atoms with Gasteiger partial charge in [-0.2, -0.15) is 4.98 Å². The van der Waals surface area contributed by atoms with Gasteiger partial charge in [0.1, 0.15) is 0 Å². The second-order valence-electron chi connectivity index (χ2n) is 5.32. The van der Waals surface area contributed by atoms with E-state index in [-0.39, 0.29) is 10.8 Å². The van der Waals surface area contributed by atoms with E-state index in [2.05, 4.69) is 17.1 Å². The Morgan fingerprint density at radius 2 is 2.07 bits per heavy atom. The Labute approximate surface area is 89.2 Å². The Hall–Kier alpha value is -0.900. The van der Waals surface area contributed by atoms with E-state index < -0.39 is 0 Å². The minimum atomic E-state index is 0.0104. The Kier molecular flexibility index (Phi) is 1.75. The molecule has 0 bridgehead atoms. The first kappa shape index (κ1) is 9.33. The molecule has 15 heavy (non-hydrogen) atoms. The highest BCUT2D eigenvalue weighted by Crippen LogP contribution is 2.48. The number of hydrogen-bond acceptors (Lipinski definition) is 4. The van der Waals surface area contributed by atoms with Crippen molar-refractivity contribution in [3.63, 3.8) is 0 Å². The fourth-order valence-electron chi connectivity index (χ4n) is 2.20. The van der Waals surface area contributed by atoms with Gasteiger partial charge in [-0.1, -0.05) is 18.5 Å². The molecule has 1 aromatic rings. The Balaban J connectivity index is 1.89. The van der Waals surface area contributed by atoms with E-state index in [0.29, 0.717) is 6.54 Å². The minimum Gasteiger partial charge on any atom is -0.339 e. The zero-order chi connectivity index (χ0) is 10.5. The molecule has 3 rings (SSSR count). The van der Waals surface area contributed by atoms with E-state index in [1.165, 1.54) is 19.3 Å². The molecule has 4 nitrogen and oxygen atoms in total. The van der Waals surface area contributed by atoms with Gasteiger partial charge in [-0.3, -0.25) is 0 Å². The fourth-order valence-corrected chi connectivity index (χ4v) is 2.20. The lowest BCUT2D eigenvalue weighted by molar-refractivity contribution is 0.181. The third kappa shape index (κ3) is 1.24. The first-order valence-corrected chi connectivity index (χ1v) is 5.73. The molecule has 2 N–H and O–H groups in total. The molecular weight excluding hydrogens is 190 g/mol. The zero-order valence-electron chi connectivity index (χ0n) is 9.12. The third-order valence-corrected chi connectivity index (χ3v) is 4.12.